The quantitative estimate of drug-likeness (QED) is 0.288. The first kappa shape index (κ1) is 5.91. The maximum Gasteiger partial charge on any atom is 0.239 e. The monoisotopic (exact) mass is 107 g/mol. The third-order valence-corrected chi connectivity index (χ3v) is 0.255. The highest BCUT2D eigenvalue weighted by Gasteiger charge is 2.10. The molecule has 0 heterocycles. The Morgan fingerprint density at radius 3 is 2.17 bits per heavy atom. The zero-order valence-electron chi connectivity index (χ0n) is 3.25. The van der Waals surface area contributed by atoms with Crippen molar-refractivity contribution in [2.45, 2.75) is 12.0 Å². The van der Waals surface area contributed by atoms with E-state index in [0.29, 0.717) is 0 Å². The highest BCUT2D eigenvalue weighted by atomic mass is 32.1. The van der Waals surface area contributed by atoms with E-state index >= 15 is 0 Å². The van der Waals surface area contributed by atoms with E-state index in [9.17, 15) is 4.91 Å². The zero-order chi connectivity index (χ0) is 5.21. The molecule has 0 amide bonds. The number of rotatable bonds is 1. The molecule has 0 aliphatic rings. The number of nitrogens with zero attached hydrogens (tertiary/aromatic N) is 1. The van der Waals surface area contributed by atoms with Crippen LogP contribution in [0.4, 0.5) is 0 Å². The van der Waals surface area contributed by atoms with Gasteiger partial charge in [0.15, 0.2) is 0 Å². The highest BCUT2D eigenvalue weighted by molar-refractivity contribution is 7.81. The molecule has 1 N–H and O–H groups in total. The number of aliphatic hydroxyl groups is 1. The van der Waals surface area contributed by atoms with Crippen molar-refractivity contribution in [2.75, 3.05) is 0 Å². The van der Waals surface area contributed by atoms with Gasteiger partial charge >= 0.3 is 0 Å². The summed E-state index contributed by atoms with van der Waals surface area (Å²) in [5, 5.41) is 8.71. The molecule has 0 aromatic rings. The van der Waals surface area contributed by atoms with Gasteiger partial charge in [-0.1, -0.05) is 0 Å². The van der Waals surface area contributed by atoms with Gasteiger partial charge in [-0.3, -0.25) is 0 Å². The van der Waals surface area contributed by atoms with E-state index in [1.54, 1.807) is 0 Å². The Labute approximate surface area is 40.7 Å². The third kappa shape index (κ3) is 3.91. The number of nitroso groups, excluding NO2 is 1. The summed E-state index contributed by atoms with van der Waals surface area (Å²) in [7, 11) is 0. The van der Waals surface area contributed by atoms with Crippen LogP contribution >= 0.6 is 12.6 Å². The van der Waals surface area contributed by atoms with Gasteiger partial charge < -0.3 is 5.11 Å². The fraction of sp³-hybridized carbons (Fsp3) is 1.00. The predicted molar refractivity (Wildman–Crippen MR) is 25.4 cm³/mol. The molecule has 0 saturated carbocycles. The van der Waals surface area contributed by atoms with Gasteiger partial charge in [0.2, 0.25) is 5.06 Å². The zero-order valence-corrected chi connectivity index (χ0v) is 4.14. The molecule has 0 aliphatic carbocycles. The fourth-order valence-corrected chi connectivity index (χ4v) is 0. The summed E-state index contributed by atoms with van der Waals surface area (Å²) in [6.07, 6.45) is 0. The molecule has 4 heteroatoms. The lowest BCUT2D eigenvalue weighted by molar-refractivity contribution is 0.169. The standard InChI is InChI=1S/C2H5NO2S/c1-2(4,6)3-5/h4,6H,1H3/t2-/m1/s1. The van der Waals surface area contributed by atoms with Crippen molar-refractivity contribution in [3.05, 3.63) is 4.91 Å². The SMILES string of the molecule is C[C@@](O)(S)N=O. The number of hydrogen-bond acceptors (Lipinski definition) is 4. The second-order valence-corrected chi connectivity index (χ2v) is 1.91. The topological polar surface area (TPSA) is 49.7 Å². The number of thiol groups is 1. The molecule has 0 saturated heterocycles. The van der Waals surface area contributed by atoms with Crippen molar-refractivity contribution in [2.24, 2.45) is 5.18 Å². The van der Waals surface area contributed by atoms with Crippen LogP contribution in [0.5, 0.6) is 0 Å². The van der Waals surface area contributed by atoms with Gasteiger partial charge in [0, 0.05) is 0 Å². The van der Waals surface area contributed by atoms with Crippen molar-refractivity contribution in [1.82, 2.24) is 0 Å². The Morgan fingerprint density at radius 1 is 2.00 bits per heavy atom. The lowest BCUT2D eigenvalue weighted by Gasteiger charge is -1.99. The molecule has 3 nitrogen and oxygen atoms in total. The minimum absolute atomic E-state index is 1.18. The Balaban J connectivity index is 3.45. The first-order chi connectivity index (χ1) is 2.56. The van der Waals surface area contributed by atoms with Crippen LogP contribution in [0.15, 0.2) is 5.18 Å². The summed E-state index contributed by atoms with van der Waals surface area (Å²) in [6.45, 7) is 1.18. The second kappa shape index (κ2) is 1.57. The van der Waals surface area contributed by atoms with E-state index in [4.69, 9.17) is 5.11 Å². The molecule has 0 aliphatic heterocycles. The molecule has 0 unspecified atom stereocenters. The summed E-state index contributed by atoms with van der Waals surface area (Å²) in [4.78, 5) is 9.25. The summed E-state index contributed by atoms with van der Waals surface area (Å²) in [5.74, 6) is 0. The highest BCUT2D eigenvalue weighted by Crippen LogP contribution is 2.06. The van der Waals surface area contributed by atoms with Gasteiger partial charge in [-0.25, -0.2) is 0 Å². The van der Waals surface area contributed by atoms with Crippen molar-refractivity contribution in [1.29, 1.82) is 0 Å². The Hall–Kier alpha value is -0.0900. The summed E-state index contributed by atoms with van der Waals surface area (Å²) in [5.41, 5.74) is 0. The molecule has 0 aromatic carbocycles. The van der Waals surface area contributed by atoms with Gasteiger partial charge in [-0.05, 0) is 12.1 Å². The first-order valence-electron chi connectivity index (χ1n) is 1.35. The van der Waals surface area contributed by atoms with Crippen LogP contribution in [0.1, 0.15) is 6.92 Å². The van der Waals surface area contributed by atoms with E-state index < -0.39 is 5.06 Å². The summed E-state index contributed by atoms with van der Waals surface area (Å²) < 4.78 is 0. The van der Waals surface area contributed by atoms with Gasteiger partial charge in [-0.2, -0.15) is 0 Å². The molecular weight excluding hydrogens is 102 g/mol. The predicted octanol–water partition coefficient (Wildman–Crippen LogP) is 0.349. The van der Waals surface area contributed by atoms with E-state index in [2.05, 4.69) is 17.8 Å². The molecule has 0 spiro atoms. The van der Waals surface area contributed by atoms with Crippen LogP contribution in [-0.4, -0.2) is 10.2 Å². The van der Waals surface area contributed by atoms with Crippen molar-refractivity contribution in [3.63, 3.8) is 0 Å². The van der Waals surface area contributed by atoms with Crippen LogP contribution in [0.25, 0.3) is 0 Å². The normalized spacial score (nSPS) is 19.2. The van der Waals surface area contributed by atoms with Crippen molar-refractivity contribution in [3.8, 4) is 0 Å². The molecule has 0 fully saturated rings. The van der Waals surface area contributed by atoms with Crippen LogP contribution in [0.3, 0.4) is 0 Å². The maximum absolute atomic E-state index is 9.25. The van der Waals surface area contributed by atoms with Crippen LogP contribution in [0.2, 0.25) is 0 Å². The smallest absolute Gasteiger partial charge is 0.239 e. The van der Waals surface area contributed by atoms with E-state index in [-0.39, 0.29) is 0 Å². The van der Waals surface area contributed by atoms with Gasteiger partial charge in [0.1, 0.15) is 0 Å². The second-order valence-electron chi connectivity index (χ2n) is 1.06. The molecular formula is C2H5NO2S. The van der Waals surface area contributed by atoms with E-state index in [0.717, 1.165) is 0 Å². The van der Waals surface area contributed by atoms with Crippen molar-refractivity contribution < 1.29 is 5.11 Å². The number of hydrogen-bond donors (Lipinski definition) is 2. The van der Waals surface area contributed by atoms with Crippen molar-refractivity contribution >= 4 is 12.6 Å². The Kier molecular flexibility index (Phi) is 1.55. The summed E-state index contributed by atoms with van der Waals surface area (Å²) in [6, 6.07) is 0. The fourth-order valence-electron chi connectivity index (χ4n) is 0. The minimum Gasteiger partial charge on any atom is -0.359 e. The largest absolute Gasteiger partial charge is 0.359 e. The van der Waals surface area contributed by atoms with Crippen LogP contribution in [0, 0.1) is 4.91 Å². The van der Waals surface area contributed by atoms with E-state index in [1.165, 1.54) is 6.92 Å². The Morgan fingerprint density at radius 2 is 2.17 bits per heavy atom. The minimum atomic E-state index is -1.69. The molecule has 0 bridgehead atoms. The average molecular weight is 107 g/mol. The lowest BCUT2D eigenvalue weighted by atomic mass is 10.7. The summed E-state index contributed by atoms with van der Waals surface area (Å²) >= 11 is 3.33. The molecule has 0 rings (SSSR count). The van der Waals surface area contributed by atoms with Gasteiger partial charge in [-0.15, -0.1) is 17.5 Å². The third-order valence-electron chi connectivity index (χ3n) is 0.173. The van der Waals surface area contributed by atoms with Crippen LogP contribution in [-0.2, 0) is 0 Å². The molecule has 0 aromatic heterocycles. The lowest BCUT2D eigenvalue weighted by Crippen LogP contribution is -2.08. The first-order valence-corrected chi connectivity index (χ1v) is 1.80. The molecule has 0 radical (unpaired) electrons. The molecule has 6 heavy (non-hydrogen) atoms. The van der Waals surface area contributed by atoms with Gasteiger partial charge in [0.25, 0.3) is 0 Å². The Bertz CT molecular complexity index is 57.1. The average Bonchev–Trinajstić information content (AvgIpc) is 1.35. The molecule has 1 atom stereocenters. The van der Waals surface area contributed by atoms with Gasteiger partial charge in [0.05, 0.1) is 0 Å². The van der Waals surface area contributed by atoms with Crippen LogP contribution < -0.4 is 0 Å². The maximum atomic E-state index is 9.25. The van der Waals surface area contributed by atoms with E-state index in [1.807, 2.05) is 0 Å². The molecule has 36 valence electrons.